The van der Waals surface area contributed by atoms with Crippen LogP contribution in [0.5, 0.6) is 11.6 Å². The summed E-state index contributed by atoms with van der Waals surface area (Å²) in [4.78, 5) is 28.0. The number of nitrogens with zero attached hydrogens (tertiary/aromatic N) is 3. The molecule has 0 amide bonds. The molecule has 1 aromatic carbocycles. The van der Waals surface area contributed by atoms with Crippen molar-refractivity contribution in [2.45, 2.75) is 44.9 Å². The highest BCUT2D eigenvalue weighted by atomic mass is 16.5. The van der Waals surface area contributed by atoms with Gasteiger partial charge < -0.3 is 14.2 Å². The van der Waals surface area contributed by atoms with Crippen molar-refractivity contribution >= 4 is 17.6 Å². The number of ether oxygens (including phenoxy) is 3. The second-order valence-corrected chi connectivity index (χ2v) is 7.96. The zero-order chi connectivity index (χ0) is 21.8. The Hall–Kier alpha value is -3.29. The Morgan fingerprint density at radius 3 is 2.71 bits per heavy atom. The molecule has 8 heteroatoms. The summed E-state index contributed by atoms with van der Waals surface area (Å²) in [5, 5.41) is 0. The molecule has 8 nitrogen and oxygen atoms in total. The third-order valence-corrected chi connectivity index (χ3v) is 5.97. The monoisotopic (exact) mass is 425 g/mol. The Morgan fingerprint density at radius 1 is 1.16 bits per heavy atom. The van der Waals surface area contributed by atoms with Crippen molar-refractivity contribution in [3.05, 3.63) is 52.4 Å². The fraction of sp³-hybridized carbons (Fsp3) is 0.435. The second kappa shape index (κ2) is 9.24. The average Bonchev–Trinajstić information content (AvgIpc) is 3.03. The first-order valence-corrected chi connectivity index (χ1v) is 10.5. The number of aromatic nitrogens is 3. The van der Waals surface area contributed by atoms with Crippen molar-refractivity contribution in [1.29, 1.82) is 0 Å². The van der Waals surface area contributed by atoms with Gasteiger partial charge in [-0.1, -0.05) is 12.1 Å². The number of pyridine rings is 1. The molecule has 1 fully saturated rings. The quantitative estimate of drug-likeness (QED) is 0.516. The fourth-order valence-corrected chi connectivity index (χ4v) is 4.21. The van der Waals surface area contributed by atoms with Gasteiger partial charge in [-0.25, -0.2) is 4.79 Å². The Labute approximate surface area is 180 Å². The minimum absolute atomic E-state index is 0.00673. The Morgan fingerprint density at radius 2 is 1.97 bits per heavy atom. The lowest BCUT2D eigenvalue weighted by atomic mass is 9.87. The molecular formula is C23H27N3O5. The van der Waals surface area contributed by atoms with E-state index in [4.69, 9.17) is 14.2 Å². The van der Waals surface area contributed by atoms with Crippen LogP contribution in [0, 0.1) is 5.92 Å². The normalized spacial score (nSPS) is 18.6. The van der Waals surface area contributed by atoms with Crippen LogP contribution in [0.1, 0.15) is 31.2 Å². The van der Waals surface area contributed by atoms with Gasteiger partial charge in [-0.15, -0.1) is 0 Å². The zero-order valence-electron chi connectivity index (χ0n) is 17.8. The molecule has 1 saturated carbocycles. The van der Waals surface area contributed by atoms with Gasteiger partial charge in [0.15, 0.2) is 5.65 Å². The molecule has 3 aromatic rings. The van der Waals surface area contributed by atoms with Gasteiger partial charge in [-0.3, -0.25) is 13.9 Å². The van der Waals surface area contributed by atoms with Gasteiger partial charge in [0.05, 0.1) is 12.6 Å². The molecule has 2 heterocycles. The third-order valence-electron chi connectivity index (χ3n) is 5.97. The van der Waals surface area contributed by atoms with Crippen molar-refractivity contribution < 1.29 is 19.0 Å². The van der Waals surface area contributed by atoms with Gasteiger partial charge in [0.2, 0.25) is 5.88 Å². The molecule has 0 atom stereocenters. The average molecular weight is 425 g/mol. The molecule has 0 aliphatic heterocycles. The molecule has 0 spiro atoms. The molecule has 4 rings (SSSR count). The van der Waals surface area contributed by atoms with Crippen LogP contribution in [-0.2, 0) is 29.7 Å². The van der Waals surface area contributed by atoms with E-state index in [1.165, 1.54) is 0 Å². The van der Waals surface area contributed by atoms with E-state index in [0.717, 1.165) is 42.5 Å². The first-order valence-electron chi connectivity index (χ1n) is 10.5. The minimum atomic E-state index is -0.0845. The molecule has 0 unspecified atom stereocenters. The van der Waals surface area contributed by atoms with Gasteiger partial charge in [-0.05, 0) is 55.4 Å². The number of fused-ring (bicyclic) bond motifs is 1. The summed E-state index contributed by atoms with van der Waals surface area (Å²) in [6.45, 7) is 1.47. The van der Waals surface area contributed by atoms with Crippen molar-refractivity contribution in [3.63, 3.8) is 0 Å². The number of carbonyl (C=O) groups is 1. The van der Waals surface area contributed by atoms with Crippen LogP contribution >= 0.6 is 0 Å². The zero-order valence-corrected chi connectivity index (χ0v) is 17.8. The van der Waals surface area contributed by atoms with Gasteiger partial charge in [0.1, 0.15) is 18.5 Å². The molecular weight excluding hydrogens is 398 g/mol. The highest BCUT2D eigenvalue weighted by Gasteiger charge is 2.24. The van der Waals surface area contributed by atoms with Gasteiger partial charge in [-0.2, -0.15) is 4.98 Å². The molecule has 0 N–H and O–H groups in total. The fourth-order valence-electron chi connectivity index (χ4n) is 4.21. The van der Waals surface area contributed by atoms with Crippen LogP contribution < -0.4 is 15.2 Å². The summed E-state index contributed by atoms with van der Waals surface area (Å²) in [6.07, 6.45) is 3.46. The van der Waals surface area contributed by atoms with E-state index in [1.54, 1.807) is 29.4 Å². The maximum absolute atomic E-state index is 12.9. The topological polar surface area (TPSA) is 84.6 Å². The summed E-state index contributed by atoms with van der Waals surface area (Å²) in [7, 11) is 3.39. The number of rotatable bonds is 8. The first-order chi connectivity index (χ1) is 15.1. The number of imidazole rings is 1. The highest BCUT2D eigenvalue weighted by molar-refractivity contribution is 5.72. The molecule has 164 valence electrons. The van der Waals surface area contributed by atoms with Gasteiger partial charge in [0, 0.05) is 19.7 Å². The summed E-state index contributed by atoms with van der Waals surface area (Å²) in [6, 6.07) is 11.3. The molecule has 1 aliphatic rings. The standard InChI is InChI=1S/C23H27N3O5/c1-25-20-10-11-21(30-14-17-4-3-5-19(12-17)29-2)24-22(20)26(23(25)28)13-16-6-8-18(9-7-16)31-15-27/h3-5,10-12,15-16,18H,6-9,13-14H2,1-2H3. The Balaban J connectivity index is 1.51. The lowest BCUT2D eigenvalue weighted by Crippen LogP contribution is -2.29. The lowest BCUT2D eigenvalue weighted by molar-refractivity contribution is -0.135. The minimum Gasteiger partial charge on any atom is -0.497 e. The third kappa shape index (κ3) is 4.57. The van der Waals surface area contributed by atoms with Crippen LogP contribution in [0.3, 0.4) is 0 Å². The number of aryl methyl sites for hydroxylation is 1. The van der Waals surface area contributed by atoms with Crippen molar-refractivity contribution in [1.82, 2.24) is 14.1 Å². The van der Waals surface area contributed by atoms with Gasteiger partial charge in [0.25, 0.3) is 6.47 Å². The Kier molecular flexibility index (Phi) is 6.25. The number of hydrogen-bond donors (Lipinski definition) is 0. The molecule has 2 aromatic heterocycles. The predicted molar refractivity (Wildman–Crippen MR) is 115 cm³/mol. The van der Waals surface area contributed by atoms with Crippen LogP contribution in [0.4, 0.5) is 0 Å². The smallest absolute Gasteiger partial charge is 0.330 e. The van der Waals surface area contributed by atoms with E-state index in [2.05, 4.69) is 4.98 Å². The number of carbonyl (C=O) groups excluding carboxylic acids is 1. The molecule has 0 radical (unpaired) electrons. The molecule has 31 heavy (non-hydrogen) atoms. The van der Waals surface area contributed by atoms with E-state index < -0.39 is 0 Å². The number of benzene rings is 1. The van der Waals surface area contributed by atoms with E-state index >= 15 is 0 Å². The summed E-state index contributed by atoms with van der Waals surface area (Å²) in [5.41, 5.74) is 2.29. The van der Waals surface area contributed by atoms with Gasteiger partial charge >= 0.3 is 5.69 Å². The predicted octanol–water partition coefficient (Wildman–Crippen LogP) is 3.05. The summed E-state index contributed by atoms with van der Waals surface area (Å²) in [5.74, 6) is 1.59. The first kappa shape index (κ1) is 21.0. The van der Waals surface area contributed by atoms with E-state index in [-0.39, 0.29) is 11.8 Å². The maximum Gasteiger partial charge on any atom is 0.330 e. The molecule has 0 bridgehead atoms. The maximum atomic E-state index is 12.9. The number of hydrogen-bond acceptors (Lipinski definition) is 6. The second-order valence-electron chi connectivity index (χ2n) is 7.96. The van der Waals surface area contributed by atoms with Crippen molar-refractivity contribution in [3.8, 4) is 11.6 Å². The SMILES string of the molecule is COc1cccc(COc2ccc3c(n2)n(CC2CCC(OC=O)CC2)c(=O)n3C)c1. The van der Waals surface area contributed by atoms with Crippen LogP contribution in [0.15, 0.2) is 41.2 Å². The summed E-state index contributed by atoms with van der Waals surface area (Å²) >= 11 is 0. The van der Waals surface area contributed by atoms with Crippen LogP contribution in [0.25, 0.3) is 11.2 Å². The van der Waals surface area contributed by atoms with E-state index in [9.17, 15) is 9.59 Å². The van der Waals surface area contributed by atoms with E-state index in [1.807, 2.05) is 30.3 Å². The van der Waals surface area contributed by atoms with Crippen molar-refractivity contribution in [2.75, 3.05) is 7.11 Å². The summed E-state index contributed by atoms with van der Waals surface area (Å²) < 4.78 is 19.6. The largest absolute Gasteiger partial charge is 0.497 e. The van der Waals surface area contributed by atoms with Crippen LogP contribution in [-0.4, -0.2) is 33.8 Å². The Bertz CT molecular complexity index is 1110. The van der Waals surface area contributed by atoms with Crippen molar-refractivity contribution in [2.24, 2.45) is 13.0 Å². The molecule has 1 aliphatic carbocycles. The highest BCUT2D eigenvalue weighted by Crippen LogP contribution is 2.28. The van der Waals surface area contributed by atoms with Crippen LogP contribution in [0.2, 0.25) is 0 Å². The molecule has 0 saturated heterocycles. The van der Waals surface area contributed by atoms with E-state index in [0.29, 0.717) is 37.1 Å². The lowest BCUT2D eigenvalue weighted by Gasteiger charge is -2.27. The number of methoxy groups -OCH3 is 1.